The number of fused-ring (bicyclic) bond motifs is 1. The first-order valence-electron chi connectivity index (χ1n) is 7.15. The molecule has 21 heavy (non-hydrogen) atoms. The number of hydrogen-bond donors (Lipinski definition) is 3. The molecule has 110 valence electrons. The van der Waals surface area contributed by atoms with Crippen molar-refractivity contribution < 1.29 is 0 Å². The highest BCUT2D eigenvalue weighted by molar-refractivity contribution is 5.84. The molecule has 2 aromatic heterocycles. The van der Waals surface area contributed by atoms with Crippen molar-refractivity contribution in [1.29, 1.82) is 0 Å². The van der Waals surface area contributed by atoms with Crippen molar-refractivity contribution in [3.63, 3.8) is 0 Å². The van der Waals surface area contributed by atoms with Gasteiger partial charge in [0.25, 0.3) is 0 Å². The molecule has 3 rings (SSSR count). The number of H-pyrrole nitrogens is 2. The van der Waals surface area contributed by atoms with Crippen molar-refractivity contribution in [1.82, 2.24) is 19.9 Å². The Balaban J connectivity index is 1.85. The minimum absolute atomic E-state index is 0.472. The summed E-state index contributed by atoms with van der Waals surface area (Å²) in [5.41, 5.74) is 10.5. The fourth-order valence-corrected chi connectivity index (χ4v) is 2.57. The Labute approximate surface area is 124 Å². The van der Waals surface area contributed by atoms with Crippen LogP contribution >= 0.6 is 0 Å². The Morgan fingerprint density at radius 1 is 1.29 bits per heavy atom. The molecule has 4 N–H and O–H groups in total. The lowest BCUT2D eigenvalue weighted by Crippen LogP contribution is -2.14. The van der Waals surface area contributed by atoms with Gasteiger partial charge in [-0.1, -0.05) is 6.07 Å². The molecule has 1 aromatic carbocycles. The second-order valence-corrected chi connectivity index (χ2v) is 5.72. The van der Waals surface area contributed by atoms with E-state index in [1.807, 2.05) is 0 Å². The van der Waals surface area contributed by atoms with Crippen molar-refractivity contribution in [2.75, 3.05) is 26.4 Å². The van der Waals surface area contributed by atoms with E-state index in [4.69, 9.17) is 5.73 Å². The van der Waals surface area contributed by atoms with Gasteiger partial charge in [0.1, 0.15) is 0 Å². The first kappa shape index (κ1) is 13.7. The maximum Gasteiger partial charge on any atom is 0.197 e. The summed E-state index contributed by atoms with van der Waals surface area (Å²) in [4.78, 5) is 12.7. The van der Waals surface area contributed by atoms with Crippen LogP contribution in [0.4, 0.5) is 5.95 Å². The summed E-state index contributed by atoms with van der Waals surface area (Å²) in [6.07, 6.45) is 5.78. The number of likely N-dealkylation sites (N-methyl/N-ethyl adjacent to an activating group) is 1. The van der Waals surface area contributed by atoms with Crippen LogP contribution in [0.2, 0.25) is 0 Å². The summed E-state index contributed by atoms with van der Waals surface area (Å²) < 4.78 is 0. The summed E-state index contributed by atoms with van der Waals surface area (Å²) in [6, 6.07) is 6.54. The van der Waals surface area contributed by atoms with Gasteiger partial charge in [-0.15, -0.1) is 0 Å². The fourth-order valence-electron chi connectivity index (χ4n) is 2.57. The number of nitrogen functional groups attached to an aromatic ring is 1. The molecule has 0 unspecified atom stereocenters. The van der Waals surface area contributed by atoms with E-state index in [1.165, 1.54) is 22.0 Å². The number of nitrogens with two attached hydrogens (primary N) is 1. The molecule has 0 bridgehead atoms. The van der Waals surface area contributed by atoms with E-state index >= 15 is 0 Å². The third-order valence-corrected chi connectivity index (χ3v) is 3.70. The van der Waals surface area contributed by atoms with Crippen molar-refractivity contribution >= 4 is 16.9 Å². The van der Waals surface area contributed by atoms with Gasteiger partial charge < -0.3 is 20.6 Å². The number of nitrogens with one attached hydrogen (secondary N) is 2. The summed E-state index contributed by atoms with van der Waals surface area (Å²) >= 11 is 0. The molecule has 0 atom stereocenters. The van der Waals surface area contributed by atoms with Gasteiger partial charge in [0.05, 0.1) is 6.20 Å². The highest BCUT2D eigenvalue weighted by Crippen LogP contribution is 2.22. The van der Waals surface area contributed by atoms with Crippen LogP contribution in [0.15, 0.2) is 30.6 Å². The van der Waals surface area contributed by atoms with Crippen molar-refractivity contribution in [3.05, 3.63) is 47.4 Å². The van der Waals surface area contributed by atoms with Crippen LogP contribution in [0, 0.1) is 0 Å². The molecule has 0 saturated heterocycles. The van der Waals surface area contributed by atoms with Crippen LogP contribution in [0.1, 0.15) is 16.8 Å². The Morgan fingerprint density at radius 3 is 2.86 bits per heavy atom. The van der Waals surface area contributed by atoms with Crippen LogP contribution in [-0.4, -0.2) is 40.5 Å². The molecule has 0 saturated carbocycles. The molecule has 0 aliphatic carbocycles. The normalized spacial score (nSPS) is 11.6. The molecule has 5 nitrogen and oxygen atoms in total. The zero-order chi connectivity index (χ0) is 14.8. The van der Waals surface area contributed by atoms with Crippen molar-refractivity contribution in [3.8, 4) is 0 Å². The van der Waals surface area contributed by atoms with Crippen LogP contribution in [-0.2, 0) is 12.8 Å². The minimum Gasteiger partial charge on any atom is -0.369 e. The Kier molecular flexibility index (Phi) is 3.66. The maximum absolute atomic E-state index is 5.62. The van der Waals surface area contributed by atoms with Crippen LogP contribution < -0.4 is 5.73 Å². The molecule has 2 heterocycles. The van der Waals surface area contributed by atoms with E-state index in [0.717, 1.165) is 25.1 Å². The second-order valence-electron chi connectivity index (χ2n) is 5.72. The highest BCUT2D eigenvalue weighted by atomic mass is 15.0. The standard InChI is InChI=1S/C16H21N5/c1-21(2)6-5-12-9-18-15-4-3-11(8-14(12)15)7-13-10-19-16(17)20-13/h3-4,8-10,18H,5-7H2,1-2H3,(H3,17,19,20). The van der Waals surface area contributed by atoms with Crippen LogP contribution in [0.25, 0.3) is 10.9 Å². The quantitative estimate of drug-likeness (QED) is 0.672. The second kappa shape index (κ2) is 5.61. The number of aromatic amines is 2. The maximum atomic E-state index is 5.62. The van der Waals surface area contributed by atoms with Crippen LogP contribution in [0.5, 0.6) is 0 Å². The predicted molar refractivity (Wildman–Crippen MR) is 86.4 cm³/mol. The van der Waals surface area contributed by atoms with Gasteiger partial charge >= 0.3 is 0 Å². The number of aromatic nitrogens is 3. The summed E-state index contributed by atoms with van der Waals surface area (Å²) in [7, 11) is 4.20. The number of anilines is 1. The third-order valence-electron chi connectivity index (χ3n) is 3.70. The van der Waals surface area contributed by atoms with Gasteiger partial charge in [-0.05, 0) is 43.8 Å². The van der Waals surface area contributed by atoms with Gasteiger partial charge in [-0.25, -0.2) is 4.98 Å². The number of hydrogen-bond acceptors (Lipinski definition) is 3. The number of rotatable bonds is 5. The van der Waals surface area contributed by atoms with E-state index in [2.05, 4.69) is 58.3 Å². The largest absolute Gasteiger partial charge is 0.369 e. The molecule has 0 radical (unpaired) electrons. The lowest BCUT2D eigenvalue weighted by molar-refractivity contribution is 0.414. The van der Waals surface area contributed by atoms with Crippen LogP contribution in [0.3, 0.4) is 0 Å². The first-order valence-corrected chi connectivity index (χ1v) is 7.15. The van der Waals surface area contributed by atoms with Crippen molar-refractivity contribution in [2.24, 2.45) is 0 Å². The summed E-state index contributed by atoms with van der Waals surface area (Å²) in [5, 5.41) is 1.31. The van der Waals surface area contributed by atoms with E-state index in [0.29, 0.717) is 5.95 Å². The smallest absolute Gasteiger partial charge is 0.197 e. The molecular weight excluding hydrogens is 262 g/mol. The SMILES string of the molecule is CN(C)CCc1c[nH]c2ccc(Cc3cnc(N)[nH]3)cc12. The molecule has 0 spiro atoms. The molecular formula is C16H21N5. The Bertz CT molecular complexity index is 738. The van der Waals surface area contributed by atoms with E-state index in [-0.39, 0.29) is 0 Å². The van der Waals surface area contributed by atoms with Gasteiger partial charge in [-0.3, -0.25) is 0 Å². The lowest BCUT2D eigenvalue weighted by Gasteiger charge is -2.08. The zero-order valence-corrected chi connectivity index (χ0v) is 12.5. The van der Waals surface area contributed by atoms with E-state index in [9.17, 15) is 0 Å². The molecule has 0 fully saturated rings. The third kappa shape index (κ3) is 3.08. The van der Waals surface area contributed by atoms with Gasteiger partial charge in [0, 0.05) is 35.8 Å². The Morgan fingerprint density at radius 2 is 2.14 bits per heavy atom. The topological polar surface area (TPSA) is 73.7 Å². The average Bonchev–Trinajstić information content (AvgIpc) is 3.03. The average molecular weight is 283 g/mol. The van der Waals surface area contributed by atoms with E-state index in [1.54, 1.807) is 6.20 Å². The molecule has 5 heteroatoms. The number of imidazole rings is 1. The number of nitrogens with zero attached hydrogens (tertiary/aromatic N) is 2. The lowest BCUT2D eigenvalue weighted by atomic mass is 10.0. The molecule has 0 aliphatic rings. The van der Waals surface area contributed by atoms with Crippen molar-refractivity contribution in [2.45, 2.75) is 12.8 Å². The van der Waals surface area contributed by atoms with Gasteiger partial charge in [-0.2, -0.15) is 0 Å². The molecule has 3 aromatic rings. The highest BCUT2D eigenvalue weighted by Gasteiger charge is 2.06. The minimum atomic E-state index is 0.472. The fraction of sp³-hybridized carbons (Fsp3) is 0.312. The van der Waals surface area contributed by atoms with Gasteiger partial charge in [0.15, 0.2) is 5.95 Å². The summed E-state index contributed by atoms with van der Waals surface area (Å²) in [6.45, 7) is 1.05. The van der Waals surface area contributed by atoms with E-state index < -0.39 is 0 Å². The number of benzene rings is 1. The zero-order valence-electron chi connectivity index (χ0n) is 12.5. The Hall–Kier alpha value is -2.27. The molecule has 0 amide bonds. The molecule has 0 aliphatic heterocycles. The first-order chi connectivity index (χ1) is 10.1. The monoisotopic (exact) mass is 283 g/mol. The predicted octanol–water partition coefficient (Wildman–Crippen LogP) is 2.17. The van der Waals surface area contributed by atoms with Gasteiger partial charge in [0.2, 0.25) is 0 Å². The summed E-state index contributed by atoms with van der Waals surface area (Å²) in [5.74, 6) is 0.472.